The maximum atomic E-state index is 13.4. The Balaban J connectivity index is 1.21. The SMILES string of the molecule is C[C@@H](NC(=O)[C@H]1CC(=O)N(C2CC2)[C@@H]1c1cccnc1)C(=O)N1CCC(S(=O)(=O)NCCOCCC(=O)OC(C)(C)C)CC1. The summed E-state index contributed by atoms with van der Waals surface area (Å²) in [6, 6.07) is 2.54. The smallest absolute Gasteiger partial charge is 0.308 e. The van der Waals surface area contributed by atoms with Gasteiger partial charge in [-0.05, 0) is 65.0 Å². The van der Waals surface area contributed by atoms with E-state index in [9.17, 15) is 27.6 Å². The molecule has 0 spiro atoms. The number of hydrogen-bond donors (Lipinski definition) is 2. The van der Waals surface area contributed by atoms with Gasteiger partial charge in [-0.3, -0.25) is 24.2 Å². The fraction of sp³-hybridized carbons (Fsp3) is 0.700. The second kappa shape index (κ2) is 14.3. The quantitative estimate of drug-likeness (QED) is 0.240. The first-order valence-electron chi connectivity index (χ1n) is 15.3. The highest BCUT2D eigenvalue weighted by Crippen LogP contribution is 2.44. The van der Waals surface area contributed by atoms with E-state index in [2.05, 4.69) is 15.0 Å². The molecule has 0 radical (unpaired) electrons. The Hall–Kier alpha value is -3.10. The van der Waals surface area contributed by atoms with Gasteiger partial charge in [-0.15, -0.1) is 0 Å². The number of esters is 1. The van der Waals surface area contributed by atoms with Crippen LogP contribution in [0.3, 0.4) is 0 Å². The third-order valence-corrected chi connectivity index (χ3v) is 9.96. The van der Waals surface area contributed by atoms with E-state index in [1.807, 2.05) is 11.0 Å². The van der Waals surface area contributed by atoms with Crippen molar-refractivity contribution in [2.45, 2.75) is 95.2 Å². The number of likely N-dealkylation sites (tertiary alicyclic amines) is 2. The number of nitrogens with zero attached hydrogens (tertiary/aromatic N) is 3. The van der Waals surface area contributed by atoms with E-state index in [-0.39, 0.29) is 88.3 Å². The van der Waals surface area contributed by atoms with Crippen LogP contribution >= 0.6 is 0 Å². The van der Waals surface area contributed by atoms with Crippen LogP contribution in [0.5, 0.6) is 0 Å². The van der Waals surface area contributed by atoms with Crippen molar-refractivity contribution in [1.82, 2.24) is 24.8 Å². The first-order chi connectivity index (χ1) is 20.8. The molecule has 3 heterocycles. The van der Waals surface area contributed by atoms with Crippen molar-refractivity contribution in [3.8, 4) is 0 Å². The molecule has 2 aliphatic heterocycles. The number of carbonyl (C=O) groups is 4. The molecule has 1 saturated carbocycles. The van der Waals surface area contributed by atoms with Gasteiger partial charge in [0.2, 0.25) is 27.7 Å². The van der Waals surface area contributed by atoms with Crippen LogP contribution in [0.15, 0.2) is 24.5 Å². The Kier molecular flexibility index (Phi) is 11.0. The average molecular weight is 636 g/mol. The fourth-order valence-corrected chi connectivity index (χ4v) is 7.22. The lowest BCUT2D eigenvalue weighted by Gasteiger charge is -2.34. The monoisotopic (exact) mass is 635 g/mol. The Morgan fingerprint density at radius 2 is 1.82 bits per heavy atom. The maximum absolute atomic E-state index is 13.4. The number of rotatable bonds is 13. The van der Waals surface area contributed by atoms with Gasteiger partial charge in [-0.25, -0.2) is 13.1 Å². The van der Waals surface area contributed by atoms with Crippen molar-refractivity contribution in [3.05, 3.63) is 30.1 Å². The van der Waals surface area contributed by atoms with Crippen molar-refractivity contribution in [2.24, 2.45) is 5.92 Å². The second-order valence-electron chi connectivity index (χ2n) is 12.7. The number of sulfonamides is 1. The summed E-state index contributed by atoms with van der Waals surface area (Å²) < 4.78 is 38.7. The largest absolute Gasteiger partial charge is 0.460 e. The number of carbonyl (C=O) groups excluding carboxylic acids is 4. The lowest BCUT2D eigenvalue weighted by atomic mass is 9.93. The zero-order chi connectivity index (χ0) is 32.1. The number of hydrogen-bond acceptors (Lipinski definition) is 9. The molecule has 0 aromatic carbocycles. The third-order valence-electron chi connectivity index (χ3n) is 8.01. The van der Waals surface area contributed by atoms with Gasteiger partial charge in [-0.2, -0.15) is 0 Å². The molecule has 244 valence electrons. The topological polar surface area (TPSA) is 164 Å². The van der Waals surface area contributed by atoms with E-state index < -0.39 is 38.9 Å². The summed E-state index contributed by atoms with van der Waals surface area (Å²) in [7, 11) is -3.63. The van der Waals surface area contributed by atoms with Crippen molar-refractivity contribution in [1.29, 1.82) is 0 Å². The van der Waals surface area contributed by atoms with Gasteiger partial charge < -0.3 is 24.6 Å². The summed E-state index contributed by atoms with van der Waals surface area (Å²) in [5.74, 6) is -1.72. The maximum Gasteiger partial charge on any atom is 0.308 e. The molecule has 4 rings (SSSR count). The highest BCUT2D eigenvalue weighted by atomic mass is 32.2. The minimum atomic E-state index is -3.63. The van der Waals surface area contributed by atoms with Crippen molar-refractivity contribution >= 4 is 33.7 Å². The molecule has 0 bridgehead atoms. The van der Waals surface area contributed by atoms with Gasteiger partial charge in [0, 0.05) is 44.5 Å². The normalized spacial score (nSPS) is 22.1. The van der Waals surface area contributed by atoms with Crippen LogP contribution in [0.1, 0.15) is 77.8 Å². The zero-order valence-electron chi connectivity index (χ0n) is 26.0. The molecular formula is C30H45N5O8S. The van der Waals surface area contributed by atoms with E-state index >= 15 is 0 Å². The van der Waals surface area contributed by atoms with E-state index in [1.54, 1.807) is 51.1 Å². The van der Waals surface area contributed by atoms with Crippen molar-refractivity contribution in [2.75, 3.05) is 32.8 Å². The first kappa shape index (κ1) is 33.8. The molecule has 3 amide bonds. The molecule has 13 nitrogen and oxygen atoms in total. The van der Waals surface area contributed by atoms with Crippen molar-refractivity contribution < 1.29 is 37.1 Å². The van der Waals surface area contributed by atoms with E-state index in [0.717, 1.165) is 18.4 Å². The van der Waals surface area contributed by atoms with Crippen LogP contribution in [-0.2, 0) is 38.7 Å². The standard InChI is InChI=1S/C30H45N5O8S/c1-20(33-28(38)24-18-25(36)35(22-7-8-22)27(24)21-6-5-12-31-19-21)29(39)34-14-9-23(10-15-34)44(40,41)32-13-17-42-16-11-26(37)43-30(2,3)4/h5-6,12,19-20,22-24,27,32H,7-11,13-18H2,1-4H3,(H,33,38)/t20-,24+,27-/m1/s1. The minimum absolute atomic E-state index is 0.0651. The Morgan fingerprint density at radius 1 is 1.11 bits per heavy atom. The number of aromatic nitrogens is 1. The third kappa shape index (κ3) is 8.98. The summed E-state index contributed by atoms with van der Waals surface area (Å²) in [6.07, 6.45) is 5.84. The fourth-order valence-electron chi connectivity index (χ4n) is 5.78. The molecule has 2 saturated heterocycles. The summed E-state index contributed by atoms with van der Waals surface area (Å²) >= 11 is 0. The Morgan fingerprint density at radius 3 is 2.43 bits per heavy atom. The van der Waals surface area contributed by atoms with Gasteiger partial charge >= 0.3 is 5.97 Å². The number of amides is 3. The number of pyridine rings is 1. The second-order valence-corrected chi connectivity index (χ2v) is 14.8. The molecule has 0 unspecified atom stereocenters. The van der Waals surface area contributed by atoms with Crippen LogP contribution < -0.4 is 10.0 Å². The zero-order valence-corrected chi connectivity index (χ0v) is 26.8. The van der Waals surface area contributed by atoms with Gasteiger partial charge in [0.05, 0.1) is 36.8 Å². The molecule has 1 aliphatic carbocycles. The summed E-state index contributed by atoms with van der Waals surface area (Å²) in [6.45, 7) is 7.75. The highest BCUT2D eigenvalue weighted by molar-refractivity contribution is 7.90. The summed E-state index contributed by atoms with van der Waals surface area (Å²) in [5, 5.41) is 2.16. The lowest BCUT2D eigenvalue weighted by Crippen LogP contribution is -2.52. The molecule has 44 heavy (non-hydrogen) atoms. The number of piperidine rings is 1. The van der Waals surface area contributed by atoms with Crippen LogP contribution in [0.4, 0.5) is 0 Å². The van der Waals surface area contributed by atoms with E-state index in [4.69, 9.17) is 9.47 Å². The van der Waals surface area contributed by atoms with Gasteiger partial charge in [-0.1, -0.05) is 6.07 Å². The van der Waals surface area contributed by atoms with Crippen molar-refractivity contribution in [3.63, 3.8) is 0 Å². The molecule has 2 N–H and O–H groups in total. The Bertz CT molecular complexity index is 1290. The van der Waals surface area contributed by atoms with Crippen LogP contribution in [-0.4, -0.2) is 103 Å². The molecule has 1 aromatic rings. The average Bonchev–Trinajstić information content (AvgIpc) is 3.75. The van der Waals surface area contributed by atoms with E-state index in [0.29, 0.717) is 0 Å². The van der Waals surface area contributed by atoms with Crippen LogP contribution in [0, 0.1) is 5.92 Å². The molecule has 3 atom stereocenters. The van der Waals surface area contributed by atoms with Crippen LogP contribution in [0.25, 0.3) is 0 Å². The molecule has 3 aliphatic rings. The van der Waals surface area contributed by atoms with Gasteiger partial charge in [0.25, 0.3) is 0 Å². The van der Waals surface area contributed by atoms with Gasteiger partial charge in [0.15, 0.2) is 0 Å². The highest BCUT2D eigenvalue weighted by Gasteiger charge is 2.50. The number of nitrogens with one attached hydrogen (secondary N) is 2. The predicted molar refractivity (Wildman–Crippen MR) is 160 cm³/mol. The first-order valence-corrected chi connectivity index (χ1v) is 16.9. The Labute approximate surface area is 259 Å². The molecule has 3 fully saturated rings. The minimum Gasteiger partial charge on any atom is -0.460 e. The molecule has 14 heteroatoms. The van der Waals surface area contributed by atoms with Gasteiger partial charge in [0.1, 0.15) is 11.6 Å². The summed E-state index contributed by atoms with van der Waals surface area (Å²) in [5.41, 5.74) is 0.228. The van der Waals surface area contributed by atoms with Crippen LogP contribution in [0.2, 0.25) is 0 Å². The summed E-state index contributed by atoms with van der Waals surface area (Å²) in [4.78, 5) is 58.8. The molecular weight excluding hydrogens is 590 g/mol. The van der Waals surface area contributed by atoms with E-state index in [1.165, 1.54) is 0 Å². The predicted octanol–water partition coefficient (Wildman–Crippen LogP) is 1.30. The number of ether oxygens (including phenoxy) is 2. The lowest BCUT2D eigenvalue weighted by molar-refractivity contribution is -0.156. The molecule has 1 aromatic heterocycles.